The second kappa shape index (κ2) is 8.55. The van der Waals surface area contributed by atoms with Crippen LogP contribution >= 0.6 is 11.6 Å². The number of nitrogens with one attached hydrogen (secondary N) is 2. The van der Waals surface area contributed by atoms with E-state index in [9.17, 15) is 13.2 Å². The van der Waals surface area contributed by atoms with Crippen molar-refractivity contribution in [1.29, 1.82) is 0 Å². The van der Waals surface area contributed by atoms with Crippen molar-refractivity contribution in [3.05, 3.63) is 82.9 Å². The number of ether oxygens (including phenoxy) is 1. The Bertz CT molecular complexity index is 1150. The van der Waals surface area contributed by atoms with Crippen LogP contribution in [0.2, 0.25) is 5.02 Å². The fourth-order valence-corrected chi connectivity index (χ4v) is 3.36. The molecule has 150 valence electrons. The average molecular weight is 431 g/mol. The molecule has 0 aliphatic rings. The number of halogens is 1. The van der Waals surface area contributed by atoms with Crippen LogP contribution in [0.3, 0.4) is 0 Å². The van der Waals surface area contributed by atoms with Gasteiger partial charge in [-0.1, -0.05) is 23.7 Å². The number of hydrogen-bond donors (Lipinski definition) is 2. The van der Waals surface area contributed by atoms with Gasteiger partial charge in [-0.2, -0.15) is 0 Å². The Morgan fingerprint density at radius 1 is 0.966 bits per heavy atom. The molecule has 3 aromatic rings. The summed E-state index contributed by atoms with van der Waals surface area (Å²) in [6.45, 7) is 1.99. The van der Waals surface area contributed by atoms with E-state index < -0.39 is 15.9 Å². The third-order valence-electron chi connectivity index (χ3n) is 3.86. The van der Waals surface area contributed by atoms with Gasteiger partial charge in [0.05, 0.1) is 17.0 Å². The lowest BCUT2D eigenvalue weighted by atomic mass is 10.2. The van der Waals surface area contributed by atoms with Crippen molar-refractivity contribution in [3.8, 4) is 11.5 Å². The van der Waals surface area contributed by atoms with Crippen LogP contribution in [0.4, 0.5) is 11.4 Å². The van der Waals surface area contributed by atoms with E-state index in [1.807, 2.05) is 31.2 Å². The standard InChI is InChI=1S/C21H19ClN2O4S/c1-14-4-3-5-18(12-14)28-17-9-7-16(8-10-17)23-21(25)15-6-11-19(22)20(13-15)24-29(2,26)27/h3-13,24H,1-2H3,(H,23,25). The quantitative estimate of drug-likeness (QED) is 0.572. The van der Waals surface area contributed by atoms with E-state index in [4.69, 9.17) is 16.3 Å². The number of carbonyl (C=O) groups excluding carboxylic acids is 1. The monoisotopic (exact) mass is 430 g/mol. The smallest absolute Gasteiger partial charge is 0.255 e. The van der Waals surface area contributed by atoms with Crippen LogP contribution in [0.5, 0.6) is 11.5 Å². The maximum atomic E-state index is 12.5. The lowest BCUT2D eigenvalue weighted by Crippen LogP contribution is -2.14. The fraction of sp³-hybridized carbons (Fsp3) is 0.0952. The summed E-state index contributed by atoms with van der Waals surface area (Å²) in [6, 6.07) is 19.0. The molecule has 0 saturated heterocycles. The van der Waals surface area contributed by atoms with Crippen molar-refractivity contribution >= 4 is 38.9 Å². The Hall–Kier alpha value is -3.03. The third-order valence-corrected chi connectivity index (χ3v) is 4.78. The van der Waals surface area contributed by atoms with E-state index in [1.165, 1.54) is 18.2 Å². The molecule has 0 unspecified atom stereocenters. The summed E-state index contributed by atoms with van der Waals surface area (Å²) < 4.78 is 30.9. The Morgan fingerprint density at radius 3 is 2.34 bits per heavy atom. The molecule has 2 N–H and O–H groups in total. The van der Waals surface area contributed by atoms with E-state index in [2.05, 4.69) is 10.0 Å². The summed E-state index contributed by atoms with van der Waals surface area (Å²) in [7, 11) is -3.51. The maximum Gasteiger partial charge on any atom is 0.255 e. The normalized spacial score (nSPS) is 11.0. The zero-order chi connectivity index (χ0) is 21.0. The Balaban J connectivity index is 1.70. The van der Waals surface area contributed by atoms with Crippen molar-refractivity contribution in [1.82, 2.24) is 0 Å². The van der Waals surface area contributed by atoms with E-state index in [0.29, 0.717) is 11.4 Å². The molecule has 3 rings (SSSR count). The van der Waals surface area contributed by atoms with E-state index in [-0.39, 0.29) is 16.3 Å². The van der Waals surface area contributed by atoms with Crippen LogP contribution < -0.4 is 14.8 Å². The lowest BCUT2D eigenvalue weighted by molar-refractivity contribution is 0.102. The average Bonchev–Trinajstić information content (AvgIpc) is 2.64. The highest BCUT2D eigenvalue weighted by atomic mass is 35.5. The molecule has 6 nitrogen and oxygen atoms in total. The fourth-order valence-electron chi connectivity index (χ4n) is 2.57. The second-order valence-corrected chi connectivity index (χ2v) is 8.62. The number of aryl methyl sites for hydroxylation is 1. The van der Waals surface area contributed by atoms with Gasteiger partial charge in [0.1, 0.15) is 11.5 Å². The molecule has 0 heterocycles. The SMILES string of the molecule is Cc1cccc(Oc2ccc(NC(=O)c3ccc(Cl)c(NS(C)(=O)=O)c3)cc2)c1. The van der Waals surface area contributed by atoms with Crippen LogP contribution in [-0.2, 0) is 10.0 Å². The number of rotatable bonds is 6. The first kappa shape index (κ1) is 20.7. The Kier molecular flexibility index (Phi) is 6.10. The summed E-state index contributed by atoms with van der Waals surface area (Å²) in [5.74, 6) is 0.971. The van der Waals surface area contributed by atoms with Gasteiger partial charge in [-0.25, -0.2) is 8.42 Å². The van der Waals surface area contributed by atoms with Gasteiger partial charge < -0.3 is 10.1 Å². The number of hydrogen-bond acceptors (Lipinski definition) is 4. The van der Waals surface area contributed by atoms with Crippen molar-refractivity contribution in [2.75, 3.05) is 16.3 Å². The first-order valence-corrected chi connectivity index (χ1v) is 10.9. The summed E-state index contributed by atoms with van der Waals surface area (Å²) >= 11 is 5.99. The number of sulfonamides is 1. The minimum absolute atomic E-state index is 0.142. The van der Waals surface area contributed by atoms with Crippen molar-refractivity contribution in [2.45, 2.75) is 6.92 Å². The molecule has 0 aliphatic carbocycles. The summed E-state index contributed by atoms with van der Waals surface area (Å²) in [5, 5.41) is 2.95. The largest absolute Gasteiger partial charge is 0.457 e. The van der Waals surface area contributed by atoms with Gasteiger partial charge in [-0.15, -0.1) is 0 Å². The molecule has 0 aliphatic heterocycles. The van der Waals surface area contributed by atoms with Gasteiger partial charge in [-0.3, -0.25) is 9.52 Å². The number of anilines is 2. The van der Waals surface area contributed by atoms with Gasteiger partial charge in [-0.05, 0) is 67.1 Å². The Labute approximate surface area is 174 Å². The molecule has 0 radical (unpaired) electrons. The molecule has 0 atom stereocenters. The second-order valence-electron chi connectivity index (χ2n) is 6.47. The lowest BCUT2D eigenvalue weighted by Gasteiger charge is -2.10. The topological polar surface area (TPSA) is 84.5 Å². The molecule has 0 saturated carbocycles. The highest BCUT2D eigenvalue weighted by molar-refractivity contribution is 7.92. The molecule has 29 heavy (non-hydrogen) atoms. The zero-order valence-electron chi connectivity index (χ0n) is 15.8. The number of carbonyl (C=O) groups is 1. The van der Waals surface area contributed by atoms with E-state index in [0.717, 1.165) is 17.6 Å². The minimum Gasteiger partial charge on any atom is -0.457 e. The summed E-state index contributed by atoms with van der Waals surface area (Å²) in [4.78, 5) is 12.5. The van der Waals surface area contributed by atoms with Gasteiger partial charge in [0, 0.05) is 11.3 Å². The van der Waals surface area contributed by atoms with Crippen molar-refractivity contribution in [2.24, 2.45) is 0 Å². The van der Waals surface area contributed by atoms with Crippen LogP contribution in [-0.4, -0.2) is 20.6 Å². The van der Waals surface area contributed by atoms with Crippen LogP contribution in [0.25, 0.3) is 0 Å². The van der Waals surface area contributed by atoms with E-state index >= 15 is 0 Å². The molecule has 3 aromatic carbocycles. The Morgan fingerprint density at radius 2 is 1.69 bits per heavy atom. The molecule has 0 fully saturated rings. The predicted molar refractivity (Wildman–Crippen MR) is 116 cm³/mol. The molecule has 0 spiro atoms. The summed E-state index contributed by atoms with van der Waals surface area (Å²) in [6.07, 6.45) is 1.01. The zero-order valence-corrected chi connectivity index (χ0v) is 17.3. The first-order chi connectivity index (χ1) is 13.7. The van der Waals surface area contributed by atoms with Gasteiger partial charge in [0.15, 0.2) is 0 Å². The molecule has 1 amide bonds. The van der Waals surface area contributed by atoms with E-state index in [1.54, 1.807) is 24.3 Å². The molecule has 0 bridgehead atoms. The van der Waals surface area contributed by atoms with Gasteiger partial charge in [0.25, 0.3) is 5.91 Å². The van der Waals surface area contributed by atoms with Crippen LogP contribution in [0.15, 0.2) is 66.7 Å². The minimum atomic E-state index is -3.51. The summed E-state index contributed by atoms with van der Waals surface area (Å²) in [5.41, 5.74) is 2.07. The van der Waals surface area contributed by atoms with Crippen LogP contribution in [0.1, 0.15) is 15.9 Å². The van der Waals surface area contributed by atoms with Crippen LogP contribution in [0, 0.1) is 6.92 Å². The molecular weight excluding hydrogens is 412 g/mol. The maximum absolute atomic E-state index is 12.5. The van der Waals surface area contributed by atoms with Crippen molar-refractivity contribution < 1.29 is 17.9 Å². The highest BCUT2D eigenvalue weighted by Crippen LogP contribution is 2.26. The van der Waals surface area contributed by atoms with Gasteiger partial charge >= 0.3 is 0 Å². The third kappa shape index (κ3) is 5.97. The number of benzene rings is 3. The van der Waals surface area contributed by atoms with Crippen molar-refractivity contribution in [3.63, 3.8) is 0 Å². The molecule has 0 aromatic heterocycles. The predicted octanol–water partition coefficient (Wildman–Crippen LogP) is 5.06. The highest BCUT2D eigenvalue weighted by Gasteiger charge is 2.12. The molecular formula is C21H19ClN2O4S. The first-order valence-electron chi connectivity index (χ1n) is 8.63. The number of amides is 1. The molecule has 8 heteroatoms. The van der Waals surface area contributed by atoms with Gasteiger partial charge in [0.2, 0.25) is 10.0 Å².